The van der Waals surface area contributed by atoms with Crippen molar-refractivity contribution < 1.29 is 22.7 Å². The van der Waals surface area contributed by atoms with Crippen LogP contribution in [0, 0.1) is 0 Å². The van der Waals surface area contributed by atoms with E-state index in [-0.39, 0.29) is 12.3 Å². The summed E-state index contributed by atoms with van der Waals surface area (Å²) in [5, 5.41) is 0. The molecule has 0 fully saturated rings. The number of hydrogen-bond acceptors (Lipinski definition) is 5. The Morgan fingerprint density at radius 2 is 1.93 bits per heavy atom. The average molecular weight is 390 g/mol. The van der Waals surface area contributed by atoms with Gasteiger partial charge in [0, 0.05) is 6.42 Å². The Hall–Kier alpha value is -2.58. The minimum Gasteiger partial charge on any atom is -0.497 e. The van der Waals surface area contributed by atoms with Gasteiger partial charge in [-0.3, -0.25) is 4.79 Å². The summed E-state index contributed by atoms with van der Waals surface area (Å²) < 4.78 is 36.9. The highest BCUT2D eigenvalue weighted by Gasteiger charge is 2.27. The van der Waals surface area contributed by atoms with E-state index in [1.54, 1.807) is 36.3 Å². The van der Waals surface area contributed by atoms with Crippen LogP contribution in [0.25, 0.3) is 0 Å². The van der Waals surface area contributed by atoms with Crippen LogP contribution in [0.2, 0.25) is 0 Å². The third kappa shape index (κ3) is 4.78. The standard InChI is InChI=1S/C19H22N2O5S/c1-25-15-9-7-14(8-10-15)16(20-27(2,23)24)13-19(22)21-11-12-26-18-6-4-3-5-17(18)21/h3-10,16,20H,11-13H2,1-2H3/t16-/m0/s1. The van der Waals surface area contributed by atoms with Crippen LogP contribution < -0.4 is 19.1 Å². The van der Waals surface area contributed by atoms with E-state index in [1.165, 1.54) is 0 Å². The topological polar surface area (TPSA) is 84.9 Å². The third-order valence-electron chi connectivity index (χ3n) is 4.28. The molecule has 1 amide bonds. The highest BCUT2D eigenvalue weighted by atomic mass is 32.2. The maximum atomic E-state index is 13.0. The van der Waals surface area contributed by atoms with Gasteiger partial charge in [-0.25, -0.2) is 13.1 Å². The van der Waals surface area contributed by atoms with Gasteiger partial charge in [0.15, 0.2) is 0 Å². The van der Waals surface area contributed by atoms with Crippen molar-refractivity contribution in [3.05, 3.63) is 54.1 Å². The Morgan fingerprint density at radius 3 is 2.59 bits per heavy atom. The van der Waals surface area contributed by atoms with E-state index in [2.05, 4.69) is 4.72 Å². The van der Waals surface area contributed by atoms with Crippen LogP contribution in [0.1, 0.15) is 18.0 Å². The molecule has 0 saturated heterocycles. The molecule has 27 heavy (non-hydrogen) atoms. The molecule has 0 bridgehead atoms. The lowest BCUT2D eigenvalue weighted by atomic mass is 10.0. The number of hydrogen-bond donors (Lipinski definition) is 1. The number of benzene rings is 2. The van der Waals surface area contributed by atoms with Crippen LogP contribution in [-0.4, -0.2) is 40.8 Å². The molecule has 0 radical (unpaired) electrons. The number of ether oxygens (including phenoxy) is 2. The Morgan fingerprint density at radius 1 is 1.22 bits per heavy atom. The summed E-state index contributed by atoms with van der Waals surface area (Å²) in [6.45, 7) is 0.819. The van der Waals surface area contributed by atoms with Crippen molar-refractivity contribution in [3.8, 4) is 11.5 Å². The number of rotatable bonds is 6. The number of amides is 1. The van der Waals surface area contributed by atoms with E-state index in [1.807, 2.05) is 24.3 Å². The molecular weight excluding hydrogens is 368 g/mol. The summed E-state index contributed by atoms with van der Waals surface area (Å²) in [6, 6.07) is 13.6. The summed E-state index contributed by atoms with van der Waals surface area (Å²) >= 11 is 0. The van der Waals surface area contributed by atoms with Crippen molar-refractivity contribution in [2.45, 2.75) is 12.5 Å². The lowest BCUT2D eigenvalue weighted by Gasteiger charge is -2.30. The molecule has 7 nitrogen and oxygen atoms in total. The Labute approximate surface area is 158 Å². The minimum absolute atomic E-state index is 0.00622. The monoisotopic (exact) mass is 390 g/mol. The molecule has 0 saturated carbocycles. The summed E-state index contributed by atoms with van der Waals surface area (Å²) in [7, 11) is -1.94. The van der Waals surface area contributed by atoms with E-state index in [0.717, 1.165) is 6.26 Å². The highest BCUT2D eigenvalue weighted by Crippen LogP contribution is 2.32. The fourth-order valence-corrected chi connectivity index (χ4v) is 3.77. The first-order valence-electron chi connectivity index (χ1n) is 8.51. The second-order valence-electron chi connectivity index (χ2n) is 6.28. The fourth-order valence-electron chi connectivity index (χ4n) is 3.04. The number of para-hydroxylation sites is 2. The van der Waals surface area contributed by atoms with E-state index in [0.29, 0.717) is 35.9 Å². The van der Waals surface area contributed by atoms with Gasteiger partial charge in [-0.15, -0.1) is 0 Å². The summed E-state index contributed by atoms with van der Waals surface area (Å²) in [6.07, 6.45) is 1.08. The lowest BCUT2D eigenvalue weighted by molar-refractivity contribution is -0.119. The van der Waals surface area contributed by atoms with Crippen LogP contribution in [0.4, 0.5) is 5.69 Å². The molecule has 1 N–H and O–H groups in total. The number of carbonyl (C=O) groups is 1. The maximum Gasteiger partial charge on any atom is 0.229 e. The average Bonchev–Trinajstić information content (AvgIpc) is 2.66. The van der Waals surface area contributed by atoms with Crippen molar-refractivity contribution in [1.82, 2.24) is 4.72 Å². The predicted octanol–water partition coefficient (Wildman–Crippen LogP) is 2.10. The first-order valence-corrected chi connectivity index (χ1v) is 10.4. The molecule has 0 spiro atoms. The van der Waals surface area contributed by atoms with Crippen molar-refractivity contribution in [1.29, 1.82) is 0 Å². The number of carbonyl (C=O) groups excluding carboxylic acids is 1. The summed E-state index contributed by atoms with van der Waals surface area (Å²) in [4.78, 5) is 14.6. The van der Waals surface area contributed by atoms with Gasteiger partial charge >= 0.3 is 0 Å². The van der Waals surface area contributed by atoms with Crippen molar-refractivity contribution in [2.24, 2.45) is 0 Å². The Bertz CT molecular complexity index is 912. The number of sulfonamides is 1. The Balaban J connectivity index is 1.84. The van der Waals surface area contributed by atoms with Gasteiger partial charge in [-0.1, -0.05) is 24.3 Å². The van der Waals surface area contributed by atoms with Crippen molar-refractivity contribution in [2.75, 3.05) is 31.4 Å². The van der Waals surface area contributed by atoms with Gasteiger partial charge in [-0.05, 0) is 29.8 Å². The molecule has 2 aromatic rings. The molecule has 0 aliphatic carbocycles. The smallest absolute Gasteiger partial charge is 0.229 e. The molecule has 3 rings (SSSR count). The highest BCUT2D eigenvalue weighted by molar-refractivity contribution is 7.88. The molecule has 2 aromatic carbocycles. The summed E-state index contributed by atoms with van der Waals surface area (Å²) in [5.41, 5.74) is 1.39. The number of nitrogens with zero attached hydrogens (tertiary/aromatic N) is 1. The maximum absolute atomic E-state index is 13.0. The second kappa shape index (κ2) is 7.98. The van der Waals surface area contributed by atoms with E-state index in [4.69, 9.17) is 9.47 Å². The van der Waals surface area contributed by atoms with Gasteiger partial charge < -0.3 is 14.4 Å². The molecule has 1 aliphatic rings. The molecule has 1 heterocycles. The number of anilines is 1. The van der Waals surface area contributed by atoms with Gasteiger partial charge in [0.25, 0.3) is 0 Å². The molecule has 1 aliphatic heterocycles. The molecule has 144 valence electrons. The fraction of sp³-hybridized carbons (Fsp3) is 0.316. The van der Waals surface area contributed by atoms with Gasteiger partial charge in [0.1, 0.15) is 18.1 Å². The zero-order valence-corrected chi connectivity index (χ0v) is 16.0. The third-order valence-corrected chi connectivity index (χ3v) is 5.00. The SMILES string of the molecule is COc1ccc([C@H](CC(=O)N2CCOc3ccccc32)NS(C)(=O)=O)cc1. The first kappa shape index (κ1) is 19.2. The molecule has 8 heteroatoms. The molecule has 1 atom stereocenters. The van der Waals surface area contributed by atoms with Gasteiger partial charge in [0.2, 0.25) is 15.9 Å². The van der Waals surface area contributed by atoms with E-state index < -0.39 is 16.1 Å². The zero-order chi connectivity index (χ0) is 19.4. The van der Waals surface area contributed by atoms with E-state index in [9.17, 15) is 13.2 Å². The molecule has 0 aromatic heterocycles. The zero-order valence-electron chi connectivity index (χ0n) is 15.2. The number of nitrogens with one attached hydrogen (secondary N) is 1. The Kier molecular flexibility index (Phi) is 5.67. The second-order valence-corrected chi connectivity index (χ2v) is 8.06. The first-order chi connectivity index (χ1) is 12.9. The summed E-state index contributed by atoms with van der Waals surface area (Å²) in [5.74, 6) is 1.13. The van der Waals surface area contributed by atoms with Crippen LogP contribution in [0.5, 0.6) is 11.5 Å². The number of fused-ring (bicyclic) bond motifs is 1. The van der Waals surface area contributed by atoms with Crippen LogP contribution in [0.15, 0.2) is 48.5 Å². The normalized spacial score (nSPS) is 14.8. The molecule has 0 unspecified atom stereocenters. The predicted molar refractivity (Wildman–Crippen MR) is 103 cm³/mol. The number of methoxy groups -OCH3 is 1. The van der Waals surface area contributed by atoms with E-state index >= 15 is 0 Å². The largest absolute Gasteiger partial charge is 0.497 e. The molecular formula is C19H22N2O5S. The van der Waals surface area contributed by atoms with Crippen molar-refractivity contribution in [3.63, 3.8) is 0 Å². The van der Waals surface area contributed by atoms with Crippen LogP contribution in [-0.2, 0) is 14.8 Å². The quantitative estimate of drug-likeness (QED) is 0.817. The van der Waals surface area contributed by atoms with Gasteiger partial charge in [0.05, 0.1) is 31.6 Å². The van der Waals surface area contributed by atoms with Crippen LogP contribution in [0.3, 0.4) is 0 Å². The van der Waals surface area contributed by atoms with Gasteiger partial charge in [-0.2, -0.15) is 0 Å². The van der Waals surface area contributed by atoms with Crippen LogP contribution >= 0.6 is 0 Å². The van der Waals surface area contributed by atoms with Crippen molar-refractivity contribution >= 4 is 21.6 Å². The lowest BCUT2D eigenvalue weighted by Crippen LogP contribution is -2.40. The minimum atomic E-state index is -3.50.